The molecule has 3 N–H and O–H groups in total. The van der Waals surface area contributed by atoms with Crippen LogP contribution in [0.4, 0.5) is 10.5 Å². The summed E-state index contributed by atoms with van der Waals surface area (Å²) in [5, 5.41) is 14.5. The van der Waals surface area contributed by atoms with Crippen molar-refractivity contribution in [1.29, 1.82) is 0 Å². The molecule has 0 aliphatic carbocycles. The molecule has 0 aromatic heterocycles. The molecule has 9 nitrogen and oxygen atoms in total. The fourth-order valence-electron chi connectivity index (χ4n) is 1.35. The van der Waals surface area contributed by atoms with Gasteiger partial charge in [-0.25, -0.2) is 23.1 Å². The topological polar surface area (TPSA) is 136 Å². The highest BCUT2D eigenvalue weighted by molar-refractivity contribution is 7.89. The summed E-state index contributed by atoms with van der Waals surface area (Å²) in [4.78, 5) is 22.0. The van der Waals surface area contributed by atoms with Crippen molar-refractivity contribution in [3.8, 4) is 0 Å². The Morgan fingerprint density at radius 1 is 1.25 bits per heavy atom. The van der Waals surface area contributed by atoms with Crippen LogP contribution in [0.25, 0.3) is 0 Å². The minimum Gasteiger partial charge on any atom is -0.465 e. The summed E-state index contributed by atoms with van der Waals surface area (Å²) in [6.45, 7) is 0. The van der Waals surface area contributed by atoms with E-state index >= 15 is 0 Å². The first-order chi connectivity index (χ1) is 9.22. The maximum Gasteiger partial charge on any atom is 0.438 e. The number of ether oxygens (including phenoxy) is 2. The summed E-state index contributed by atoms with van der Waals surface area (Å²) in [6.07, 6.45) is -1.14. The second-order valence-electron chi connectivity index (χ2n) is 3.50. The third kappa shape index (κ3) is 3.23. The van der Waals surface area contributed by atoms with Crippen molar-refractivity contribution in [2.75, 3.05) is 19.3 Å². The average molecular weight is 304 g/mol. The minimum atomic E-state index is -4.27. The third-order valence-corrected chi connectivity index (χ3v) is 3.22. The van der Waals surface area contributed by atoms with Gasteiger partial charge < -0.3 is 9.47 Å². The second kappa shape index (κ2) is 5.86. The van der Waals surface area contributed by atoms with Gasteiger partial charge in [-0.15, -0.1) is 0 Å². The van der Waals surface area contributed by atoms with Crippen LogP contribution in [0.3, 0.4) is 0 Å². The molecule has 0 aliphatic rings. The molecule has 20 heavy (non-hydrogen) atoms. The van der Waals surface area contributed by atoms with Crippen LogP contribution in [-0.4, -0.2) is 39.9 Å². The number of anilines is 1. The molecule has 0 heterocycles. The lowest BCUT2D eigenvalue weighted by Crippen LogP contribution is -2.27. The van der Waals surface area contributed by atoms with E-state index in [0.717, 1.165) is 32.4 Å². The third-order valence-electron chi connectivity index (χ3n) is 2.27. The first-order valence-corrected chi connectivity index (χ1v) is 6.59. The van der Waals surface area contributed by atoms with Gasteiger partial charge in [-0.2, -0.15) is 5.06 Å². The molecule has 0 fully saturated rings. The predicted molar refractivity (Wildman–Crippen MR) is 65.8 cm³/mol. The molecule has 0 aliphatic heterocycles. The van der Waals surface area contributed by atoms with E-state index in [1.54, 1.807) is 0 Å². The number of rotatable bonds is 3. The van der Waals surface area contributed by atoms with E-state index in [0.29, 0.717) is 0 Å². The van der Waals surface area contributed by atoms with E-state index in [2.05, 4.69) is 9.47 Å². The van der Waals surface area contributed by atoms with Gasteiger partial charge in [0, 0.05) is 0 Å². The molecule has 0 unspecified atom stereocenters. The Kier molecular flexibility index (Phi) is 4.65. The van der Waals surface area contributed by atoms with Crippen LogP contribution in [0.5, 0.6) is 0 Å². The molecule has 0 bridgehead atoms. The van der Waals surface area contributed by atoms with Crippen LogP contribution >= 0.6 is 0 Å². The molecule has 10 heteroatoms. The fraction of sp³-hybridized carbons (Fsp3) is 0.200. The van der Waals surface area contributed by atoms with E-state index in [4.69, 9.17) is 5.14 Å². The van der Waals surface area contributed by atoms with E-state index in [9.17, 15) is 23.2 Å². The number of nitrogens with zero attached hydrogens (tertiary/aromatic N) is 1. The summed E-state index contributed by atoms with van der Waals surface area (Å²) in [6, 6.07) is 3.02. The van der Waals surface area contributed by atoms with Gasteiger partial charge in [-0.3, -0.25) is 5.21 Å². The Bertz CT molecular complexity index is 641. The average Bonchev–Trinajstić information content (AvgIpc) is 2.43. The Morgan fingerprint density at radius 3 is 2.30 bits per heavy atom. The number of benzene rings is 1. The molecule has 1 rings (SSSR count). The van der Waals surface area contributed by atoms with Crippen molar-refractivity contribution in [3.05, 3.63) is 23.8 Å². The van der Waals surface area contributed by atoms with E-state index in [1.807, 2.05) is 0 Å². The zero-order valence-corrected chi connectivity index (χ0v) is 11.4. The largest absolute Gasteiger partial charge is 0.465 e. The van der Waals surface area contributed by atoms with E-state index < -0.39 is 27.0 Å². The monoisotopic (exact) mass is 304 g/mol. The van der Waals surface area contributed by atoms with Gasteiger partial charge in [-0.05, 0) is 18.2 Å². The molecule has 0 saturated heterocycles. The Morgan fingerprint density at radius 2 is 1.85 bits per heavy atom. The number of hydroxylamine groups is 1. The number of carbonyl (C=O) groups is 2. The number of carbonyl (C=O) groups excluding carboxylic acids is 2. The van der Waals surface area contributed by atoms with Crippen LogP contribution < -0.4 is 10.2 Å². The Labute approximate surface area is 114 Å². The van der Waals surface area contributed by atoms with Gasteiger partial charge in [0.2, 0.25) is 10.0 Å². The van der Waals surface area contributed by atoms with Crippen LogP contribution in [0.2, 0.25) is 0 Å². The molecule has 1 aromatic rings. The van der Waals surface area contributed by atoms with Gasteiger partial charge in [0.15, 0.2) is 0 Å². The Balaban J connectivity index is 3.43. The zero-order chi connectivity index (χ0) is 15.5. The second-order valence-corrected chi connectivity index (χ2v) is 5.03. The number of amides is 1. The number of methoxy groups -OCH3 is 2. The summed E-state index contributed by atoms with van der Waals surface area (Å²) < 4.78 is 31.6. The lowest BCUT2D eigenvalue weighted by atomic mass is 10.2. The molecule has 0 spiro atoms. The number of hydrogen-bond donors (Lipinski definition) is 2. The SMILES string of the molecule is COC(=O)c1ccc(N(O)C(=O)OC)cc1S(N)(=O)=O. The van der Waals surface area contributed by atoms with Gasteiger partial charge in [0.25, 0.3) is 0 Å². The molecule has 0 radical (unpaired) electrons. The standard InChI is InChI=1S/C10H12N2O7S/c1-18-9(13)7-4-3-6(12(15)10(14)19-2)5-8(7)20(11,16)17/h3-5,15H,1-2H3,(H2,11,16,17). The first-order valence-electron chi connectivity index (χ1n) is 5.04. The summed E-state index contributed by atoms with van der Waals surface area (Å²) in [5.41, 5.74) is -0.564. The molecule has 1 amide bonds. The van der Waals surface area contributed by atoms with Gasteiger partial charge in [0.1, 0.15) is 0 Å². The van der Waals surface area contributed by atoms with Crippen LogP contribution in [-0.2, 0) is 19.5 Å². The smallest absolute Gasteiger partial charge is 0.438 e. The highest BCUT2D eigenvalue weighted by atomic mass is 32.2. The highest BCUT2D eigenvalue weighted by Gasteiger charge is 2.23. The van der Waals surface area contributed by atoms with Crippen molar-refractivity contribution in [2.45, 2.75) is 4.90 Å². The molecular formula is C10H12N2O7S. The number of esters is 1. The van der Waals surface area contributed by atoms with Crippen LogP contribution in [0.1, 0.15) is 10.4 Å². The predicted octanol–water partition coefficient (Wildman–Crippen LogP) is 0.0826. The fourth-order valence-corrected chi connectivity index (χ4v) is 2.09. The maximum atomic E-state index is 11.4. The molecule has 0 saturated carbocycles. The van der Waals surface area contributed by atoms with Crippen LogP contribution in [0, 0.1) is 0 Å². The molecular weight excluding hydrogens is 292 g/mol. The summed E-state index contributed by atoms with van der Waals surface area (Å²) in [5.74, 6) is -0.928. The lowest BCUT2D eigenvalue weighted by Gasteiger charge is -2.15. The van der Waals surface area contributed by atoms with Crippen LogP contribution in [0.15, 0.2) is 23.1 Å². The highest BCUT2D eigenvalue weighted by Crippen LogP contribution is 2.23. The zero-order valence-electron chi connectivity index (χ0n) is 10.6. The number of sulfonamides is 1. The van der Waals surface area contributed by atoms with Gasteiger partial charge >= 0.3 is 12.1 Å². The number of hydrogen-bond acceptors (Lipinski definition) is 7. The number of nitrogens with two attached hydrogens (primary N) is 1. The normalized spacial score (nSPS) is 10.8. The van der Waals surface area contributed by atoms with Crippen molar-refractivity contribution in [1.82, 2.24) is 0 Å². The quantitative estimate of drug-likeness (QED) is 0.458. The van der Waals surface area contributed by atoms with Gasteiger partial charge in [-0.1, -0.05) is 0 Å². The Hall–Kier alpha value is -2.17. The van der Waals surface area contributed by atoms with Crippen molar-refractivity contribution in [3.63, 3.8) is 0 Å². The molecule has 0 atom stereocenters. The van der Waals surface area contributed by atoms with E-state index in [1.165, 1.54) is 0 Å². The van der Waals surface area contributed by atoms with Crippen molar-refractivity contribution in [2.24, 2.45) is 5.14 Å². The van der Waals surface area contributed by atoms with Crippen molar-refractivity contribution < 1.29 is 32.7 Å². The molecule has 1 aromatic carbocycles. The summed E-state index contributed by atoms with van der Waals surface area (Å²) >= 11 is 0. The minimum absolute atomic E-state index is 0.0652. The van der Waals surface area contributed by atoms with Crippen molar-refractivity contribution >= 4 is 27.8 Å². The molecule has 110 valence electrons. The van der Waals surface area contributed by atoms with Gasteiger partial charge in [0.05, 0.1) is 30.4 Å². The van der Waals surface area contributed by atoms with E-state index in [-0.39, 0.29) is 16.3 Å². The summed E-state index contributed by atoms with van der Waals surface area (Å²) in [7, 11) is -2.18. The maximum absolute atomic E-state index is 11.4. The number of primary sulfonamides is 1. The lowest BCUT2D eigenvalue weighted by molar-refractivity contribution is 0.0596. The first kappa shape index (κ1) is 15.9.